The standard InChI is InChI=1S/C21H29N5O3/c1-5-28-21(27)26-12-10-25(11-13-26)19-14-16(4)22-20(24-19)23-17-8-6-7-9-18(17)29-15(2)3/h6-9,14-15H,5,10-13H2,1-4H3,(H,22,23,24). The van der Waals surface area contributed by atoms with Gasteiger partial charge in [0.15, 0.2) is 0 Å². The third-order valence-corrected chi connectivity index (χ3v) is 4.47. The van der Waals surface area contributed by atoms with Crippen LogP contribution in [0.15, 0.2) is 30.3 Å². The van der Waals surface area contributed by atoms with Gasteiger partial charge in [0.25, 0.3) is 0 Å². The summed E-state index contributed by atoms with van der Waals surface area (Å²) in [6.45, 7) is 10.7. The molecule has 0 unspecified atom stereocenters. The molecular formula is C21H29N5O3. The van der Waals surface area contributed by atoms with Gasteiger partial charge in [-0.15, -0.1) is 0 Å². The van der Waals surface area contributed by atoms with Gasteiger partial charge in [-0.05, 0) is 39.8 Å². The first-order valence-electron chi connectivity index (χ1n) is 10.0. The van der Waals surface area contributed by atoms with Crippen molar-refractivity contribution in [1.29, 1.82) is 0 Å². The van der Waals surface area contributed by atoms with Crippen LogP contribution in [0.2, 0.25) is 0 Å². The van der Waals surface area contributed by atoms with Crippen LogP contribution >= 0.6 is 0 Å². The van der Waals surface area contributed by atoms with Crippen LogP contribution in [0.3, 0.4) is 0 Å². The van der Waals surface area contributed by atoms with E-state index in [2.05, 4.69) is 15.2 Å². The Hall–Kier alpha value is -3.03. The number of carbonyl (C=O) groups is 1. The fourth-order valence-corrected chi connectivity index (χ4v) is 3.15. The summed E-state index contributed by atoms with van der Waals surface area (Å²) in [7, 11) is 0. The molecule has 0 saturated carbocycles. The highest BCUT2D eigenvalue weighted by molar-refractivity contribution is 5.68. The third kappa shape index (κ3) is 5.49. The van der Waals surface area contributed by atoms with Crippen molar-refractivity contribution in [3.8, 4) is 5.75 Å². The van der Waals surface area contributed by atoms with E-state index >= 15 is 0 Å². The van der Waals surface area contributed by atoms with Gasteiger partial charge in [0, 0.05) is 37.9 Å². The lowest BCUT2D eigenvalue weighted by Gasteiger charge is -2.34. The molecule has 1 amide bonds. The molecule has 1 aromatic heterocycles. The maximum Gasteiger partial charge on any atom is 0.409 e. The Morgan fingerprint density at radius 3 is 2.59 bits per heavy atom. The van der Waals surface area contributed by atoms with E-state index in [1.165, 1.54) is 0 Å². The molecule has 0 spiro atoms. The number of rotatable bonds is 6. The molecule has 2 aromatic rings. The summed E-state index contributed by atoms with van der Waals surface area (Å²) in [5, 5.41) is 3.28. The maximum atomic E-state index is 11.9. The average molecular weight is 399 g/mol. The van der Waals surface area contributed by atoms with Gasteiger partial charge in [0.05, 0.1) is 18.4 Å². The molecular weight excluding hydrogens is 370 g/mol. The van der Waals surface area contributed by atoms with Crippen LogP contribution < -0.4 is 15.0 Å². The molecule has 156 valence electrons. The van der Waals surface area contributed by atoms with E-state index in [0.29, 0.717) is 38.7 Å². The number of para-hydroxylation sites is 2. The lowest BCUT2D eigenvalue weighted by molar-refractivity contribution is 0.105. The molecule has 8 heteroatoms. The van der Waals surface area contributed by atoms with Gasteiger partial charge in [-0.25, -0.2) is 9.78 Å². The molecule has 3 rings (SSSR count). The highest BCUT2D eigenvalue weighted by Crippen LogP contribution is 2.28. The minimum Gasteiger partial charge on any atom is -0.489 e. The third-order valence-electron chi connectivity index (χ3n) is 4.47. The van der Waals surface area contributed by atoms with E-state index in [1.807, 2.05) is 58.0 Å². The molecule has 1 aromatic carbocycles. The highest BCUT2D eigenvalue weighted by Gasteiger charge is 2.23. The Morgan fingerprint density at radius 1 is 1.17 bits per heavy atom. The molecule has 1 N–H and O–H groups in total. The Labute approximate surface area is 171 Å². The quantitative estimate of drug-likeness (QED) is 0.795. The van der Waals surface area contributed by atoms with Gasteiger partial charge in [0.1, 0.15) is 11.6 Å². The fourth-order valence-electron chi connectivity index (χ4n) is 3.15. The molecule has 0 aliphatic carbocycles. The molecule has 2 heterocycles. The SMILES string of the molecule is CCOC(=O)N1CCN(c2cc(C)nc(Nc3ccccc3OC(C)C)n2)CC1. The van der Waals surface area contributed by atoms with E-state index in [4.69, 9.17) is 14.5 Å². The zero-order valence-corrected chi connectivity index (χ0v) is 17.5. The second kappa shape index (κ2) is 9.45. The lowest BCUT2D eigenvalue weighted by Crippen LogP contribution is -2.49. The number of hydrogen-bond donors (Lipinski definition) is 1. The van der Waals surface area contributed by atoms with Crippen LogP contribution in [0.5, 0.6) is 5.75 Å². The summed E-state index contributed by atoms with van der Waals surface area (Å²) >= 11 is 0. The van der Waals surface area contributed by atoms with E-state index in [9.17, 15) is 4.79 Å². The molecule has 1 saturated heterocycles. The number of hydrogen-bond acceptors (Lipinski definition) is 7. The molecule has 0 radical (unpaired) electrons. The highest BCUT2D eigenvalue weighted by atomic mass is 16.6. The molecule has 1 fully saturated rings. The Morgan fingerprint density at radius 2 is 1.90 bits per heavy atom. The van der Waals surface area contributed by atoms with Gasteiger partial charge in [-0.3, -0.25) is 0 Å². The van der Waals surface area contributed by atoms with Crippen molar-refractivity contribution >= 4 is 23.5 Å². The van der Waals surface area contributed by atoms with Crippen molar-refractivity contribution in [2.24, 2.45) is 0 Å². The first-order chi connectivity index (χ1) is 14.0. The monoisotopic (exact) mass is 399 g/mol. The lowest BCUT2D eigenvalue weighted by atomic mass is 10.3. The second-order valence-electron chi connectivity index (χ2n) is 7.15. The average Bonchev–Trinajstić information content (AvgIpc) is 2.69. The van der Waals surface area contributed by atoms with Crippen LogP contribution in [-0.4, -0.2) is 59.9 Å². The zero-order valence-electron chi connectivity index (χ0n) is 17.5. The molecule has 1 aliphatic heterocycles. The second-order valence-corrected chi connectivity index (χ2v) is 7.15. The minimum absolute atomic E-state index is 0.0719. The van der Waals surface area contributed by atoms with E-state index in [0.717, 1.165) is 22.9 Å². The van der Waals surface area contributed by atoms with Gasteiger partial charge in [-0.1, -0.05) is 12.1 Å². The van der Waals surface area contributed by atoms with Crippen molar-refractivity contribution in [1.82, 2.24) is 14.9 Å². The van der Waals surface area contributed by atoms with Gasteiger partial charge < -0.3 is 24.6 Å². The van der Waals surface area contributed by atoms with Gasteiger partial charge in [0.2, 0.25) is 5.95 Å². The molecule has 29 heavy (non-hydrogen) atoms. The van der Waals surface area contributed by atoms with E-state index in [-0.39, 0.29) is 12.2 Å². The first kappa shape index (κ1) is 20.7. The zero-order chi connectivity index (χ0) is 20.8. The smallest absolute Gasteiger partial charge is 0.409 e. The van der Waals surface area contributed by atoms with Crippen molar-refractivity contribution in [3.05, 3.63) is 36.0 Å². The molecule has 8 nitrogen and oxygen atoms in total. The molecule has 1 aliphatic rings. The Kier molecular flexibility index (Phi) is 6.74. The van der Waals surface area contributed by atoms with Crippen LogP contribution in [0.1, 0.15) is 26.5 Å². The fraction of sp³-hybridized carbons (Fsp3) is 0.476. The van der Waals surface area contributed by atoms with Crippen LogP contribution in [0.25, 0.3) is 0 Å². The normalized spacial score (nSPS) is 14.1. The number of anilines is 3. The number of nitrogens with one attached hydrogen (secondary N) is 1. The summed E-state index contributed by atoms with van der Waals surface area (Å²) in [6.07, 6.45) is -0.183. The maximum absolute atomic E-state index is 11.9. The van der Waals surface area contributed by atoms with Gasteiger partial charge >= 0.3 is 6.09 Å². The number of nitrogens with zero attached hydrogens (tertiary/aromatic N) is 4. The van der Waals surface area contributed by atoms with Crippen LogP contribution in [-0.2, 0) is 4.74 Å². The number of piperazine rings is 1. The molecule has 0 bridgehead atoms. The summed E-state index contributed by atoms with van der Waals surface area (Å²) < 4.78 is 11.0. The Bertz CT molecular complexity index is 835. The number of benzene rings is 1. The number of carbonyl (C=O) groups excluding carboxylic acids is 1. The minimum atomic E-state index is -0.255. The van der Waals surface area contributed by atoms with Crippen molar-refractivity contribution in [2.45, 2.75) is 33.8 Å². The largest absolute Gasteiger partial charge is 0.489 e. The summed E-state index contributed by atoms with van der Waals surface area (Å²) in [4.78, 5) is 25.0. The van der Waals surface area contributed by atoms with Crippen molar-refractivity contribution in [3.63, 3.8) is 0 Å². The van der Waals surface area contributed by atoms with Crippen molar-refractivity contribution in [2.75, 3.05) is 43.0 Å². The number of aromatic nitrogens is 2. The number of ether oxygens (including phenoxy) is 2. The predicted molar refractivity (Wildman–Crippen MR) is 113 cm³/mol. The van der Waals surface area contributed by atoms with E-state index in [1.54, 1.807) is 4.90 Å². The van der Waals surface area contributed by atoms with E-state index < -0.39 is 0 Å². The van der Waals surface area contributed by atoms with Crippen molar-refractivity contribution < 1.29 is 14.3 Å². The summed E-state index contributed by atoms with van der Waals surface area (Å²) in [6, 6.07) is 9.71. The summed E-state index contributed by atoms with van der Waals surface area (Å²) in [5.74, 6) is 2.12. The first-order valence-corrected chi connectivity index (χ1v) is 10.0. The Balaban J connectivity index is 1.72. The predicted octanol–water partition coefficient (Wildman–Crippen LogP) is 3.59. The number of amides is 1. The summed E-state index contributed by atoms with van der Waals surface area (Å²) in [5.41, 5.74) is 1.69. The van der Waals surface area contributed by atoms with Crippen LogP contribution in [0.4, 0.5) is 22.2 Å². The molecule has 0 atom stereocenters. The van der Waals surface area contributed by atoms with Crippen LogP contribution in [0, 0.1) is 6.92 Å². The number of aryl methyl sites for hydroxylation is 1. The topological polar surface area (TPSA) is 79.8 Å². The van der Waals surface area contributed by atoms with Gasteiger partial charge in [-0.2, -0.15) is 4.98 Å².